The number of rotatable bonds is 7. The Morgan fingerprint density at radius 2 is 1.85 bits per heavy atom. The normalized spacial score (nSPS) is 11.7. The molecule has 0 fully saturated rings. The molecule has 3 aromatic rings. The minimum atomic E-state index is 0.123. The van der Waals surface area contributed by atoms with E-state index in [-0.39, 0.29) is 5.78 Å². The zero-order chi connectivity index (χ0) is 19.7. The quantitative estimate of drug-likeness (QED) is 0.451. The predicted octanol–water partition coefficient (Wildman–Crippen LogP) is 4.18. The summed E-state index contributed by atoms with van der Waals surface area (Å²) in [7, 11) is 0. The van der Waals surface area contributed by atoms with Gasteiger partial charge in [-0.2, -0.15) is 0 Å². The second-order valence-electron chi connectivity index (χ2n) is 7.49. The van der Waals surface area contributed by atoms with Crippen molar-refractivity contribution in [1.82, 2.24) is 24.1 Å². The third-order valence-electron chi connectivity index (χ3n) is 4.80. The molecule has 0 aromatic carbocycles. The number of ketones is 1. The standard InChI is InChI=1S/C20H27N5OS/c1-12(2)7-8-24-14(4)10-17(16(24)6)18(26)11-27-20-23-22-19-21-13(3)9-15(5)25(19)20/h9-10,12H,7-8,11H2,1-6H3. The lowest BCUT2D eigenvalue weighted by Crippen LogP contribution is -2.08. The van der Waals surface area contributed by atoms with E-state index in [1.54, 1.807) is 0 Å². The molecular weight excluding hydrogens is 358 g/mol. The van der Waals surface area contributed by atoms with Gasteiger partial charge in [0.15, 0.2) is 10.9 Å². The van der Waals surface area contributed by atoms with E-state index in [1.807, 2.05) is 37.3 Å². The van der Waals surface area contributed by atoms with E-state index in [9.17, 15) is 4.79 Å². The van der Waals surface area contributed by atoms with Gasteiger partial charge in [-0.3, -0.25) is 9.20 Å². The van der Waals surface area contributed by atoms with Gasteiger partial charge in [-0.25, -0.2) is 4.98 Å². The predicted molar refractivity (Wildman–Crippen MR) is 109 cm³/mol. The van der Waals surface area contributed by atoms with Crippen LogP contribution in [0.5, 0.6) is 0 Å². The number of Topliss-reactive ketones (excluding diaryl/α,β-unsaturated/α-hetero) is 1. The molecule has 0 bridgehead atoms. The molecule has 0 aliphatic heterocycles. The van der Waals surface area contributed by atoms with Gasteiger partial charge in [0.05, 0.1) is 5.75 Å². The topological polar surface area (TPSA) is 65.1 Å². The highest BCUT2D eigenvalue weighted by molar-refractivity contribution is 7.99. The van der Waals surface area contributed by atoms with Crippen LogP contribution in [-0.4, -0.2) is 35.7 Å². The third-order valence-corrected chi connectivity index (χ3v) is 5.73. The number of aryl methyl sites for hydroxylation is 3. The smallest absolute Gasteiger partial charge is 0.256 e. The van der Waals surface area contributed by atoms with Crippen LogP contribution < -0.4 is 0 Å². The summed E-state index contributed by atoms with van der Waals surface area (Å²) >= 11 is 1.41. The highest BCUT2D eigenvalue weighted by atomic mass is 32.2. The van der Waals surface area contributed by atoms with Gasteiger partial charge in [0.1, 0.15) is 0 Å². The molecule has 0 N–H and O–H groups in total. The Balaban J connectivity index is 1.76. The number of carbonyl (C=O) groups is 1. The van der Waals surface area contributed by atoms with Crippen LogP contribution in [0.4, 0.5) is 0 Å². The first-order chi connectivity index (χ1) is 12.8. The van der Waals surface area contributed by atoms with Gasteiger partial charge >= 0.3 is 0 Å². The van der Waals surface area contributed by atoms with Gasteiger partial charge in [-0.1, -0.05) is 25.6 Å². The van der Waals surface area contributed by atoms with Crippen molar-refractivity contribution in [2.24, 2.45) is 5.92 Å². The molecule has 0 amide bonds. The Labute approximate surface area is 164 Å². The molecule has 0 saturated heterocycles. The number of thioether (sulfide) groups is 1. The molecule has 0 atom stereocenters. The number of carbonyl (C=O) groups excluding carboxylic acids is 1. The Morgan fingerprint density at radius 1 is 1.11 bits per heavy atom. The van der Waals surface area contributed by atoms with Crippen LogP contribution in [0.2, 0.25) is 0 Å². The molecule has 27 heavy (non-hydrogen) atoms. The summed E-state index contributed by atoms with van der Waals surface area (Å²) in [6, 6.07) is 4.00. The van der Waals surface area contributed by atoms with Crippen molar-refractivity contribution in [1.29, 1.82) is 0 Å². The Bertz CT molecular complexity index is 986. The third kappa shape index (κ3) is 4.08. The Kier molecular flexibility index (Phi) is 5.69. The average molecular weight is 386 g/mol. The van der Waals surface area contributed by atoms with Crippen molar-refractivity contribution in [2.45, 2.75) is 59.7 Å². The molecular formula is C20H27N5OS. The number of hydrogen-bond donors (Lipinski definition) is 0. The minimum absolute atomic E-state index is 0.123. The fourth-order valence-electron chi connectivity index (χ4n) is 3.32. The molecule has 3 heterocycles. The van der Waals surface area contributed by atoms with Gasteiger partial charge in [0.25, 0.3) is 5.78 Å². The first-order valence-corrected chi connectivity index (χ1v) is 10.3. The van der Waals surface area contributed by atoms with Crippen LogP contribution in [0.15, 0.2) is 17.3 Å². The summed E-state index contributed by atoms with van der Waals surface area (Å²) < 4.78 is 4.15. The van der Waals surface area contributed by atoms with Crippen molar-refractivity contribution in [3.63, 3.8) is 0 Å². The summed E-state index contributed by atoms with van der Waals surface area (Å²) in [5, 5.41) is 9.05. The second-order valence-corrected chi connectivity index (χ2v) is 8.43. The lowest BCUT2D eigenvalue weighted by Gasteiger charge is -2.11. The number of fused-ring (bicyclic) bond motifs is 1. The van der Waals surface area contributed by atoms with Crippen LogP contribution in [0.1, 0.15) is 53.4 Å². The van der Waals surface area contributed by atoms with E-state index >= 15 is 0 Å². The van der Waals surface area contributed by atoms with E-state index in [0.29, 0.717) is 22.6 Å². The van der Waals surface area contributed by atoms with E-state index < -0.39 is 0 Å². The van der Waals surface area contributed by atoms with E-state index in [2.05, 4.69) is 40.5 Å². The molecule has 6 nitrogen and oxygen atoms in total. The zero-order valence-corrected chi connectivity index (χ0v) is 17.7. The maximum Gasteiger partial charge on any atom is 0.256 e. The Morgan fingerprint density at radius 3 is 2.56 bits per heavy atom. The van der Waals surface area contributed by atoms with Gasteiger partial charge in [0, 0.05) is 34.9 Å². The number of nitrogens with zero attached hydrogens (tertiary/aromatic N) is 5. The average Bonchev–Trinajstić information content (AvgIpc) is 3.12. The maximum atomic E-state index is 12.8. The largest absolute Gasteiger partial charge is 0.348 e. The van der Waals surface area contributed by atoms with Gasteiger partial charge in [-0.05, 0) is 52.2 Å². The number of aromatic nitrogens is 5. The second kappa shape index (κ2) is 7.84. The fraction of sp³-hybridized carbons (Fsp3) is 0.500. The SMILES string of the molecule is Cc1cc(C)n2c(SCC(=O)c3cc(C)n(CCC(C)C)c3C)nnc2n1. The molecule has 0 aliphatic rings. The molecule has 0 spiro atoms. The van der Waals surface area contributed by atoms with Crippen LogP contribution >= 0.6 is 11.8 Å². The molecule has 7 heteroatoms. The molecule has 144 valence electrons. The highest BCUT2D eigenvalue weighted by Crippen LogP contribution is 2.23. The van der Waals surface area contributed by atoms with Gasteiger partial charge < -0.3 is 4.57 Å². The van der Waals surface area contributed by atoms with E-state index in [0.717, 1.165) is 41.3 Å². The first kappa shape index (κ1) is 19.6. The minimum Gasteiger partial charge on any atom is -0.348 e. The van der Waals surface area contributed by atoms with Gasteiger partial charge in [0.2, 0.25) is 0 Å². The zero-order valence-electron chi connectivity index (χ0n) is 16.9. The molecule has 0 aliphatic carbocycles. The summed E-state index contributed by atoms with van der Waals surface area (Å²) in [6.45, 7) is 13.4. The molecule has 0 radical (unpaired) electrons. The van der Waals surface area contributed by atoms with Crippen molar-refractivity contribution in [3.8, 4) is 0 Å². The maximum absolute atomic E-state index is 12.8. The number of hydrogen-bond acceptors (Lipinski definition) is 5. The summed E-state index contributed by atoms with van der Waals surface area (Å²) in [6.07, 6.45) is 1.11. The van der Waals surface area contributed by atoms with Crippen molar-refractivity contribution in [3.05, 3.63) is 40.5 Å². The molecule has 0 saturated carbocycles. The van der Waals surface area contributed by atoms with Crippen LogP contribution in [-0.2, 0) is 6.54 Å². The van der Waals surface area contributed by atoms with Crippen molar-refractivity contribution in [2.75, 3.05) is 5.75 Å². The van der Waals surface area contributed by atoms with Crippen LogP contribution in [0.25, 0.3) is 5.78 Å². The molecule has 0 unspecified atom stereocenters. The van der Waals surface area contributed by atoms with Crippen molar-refractivity contribution < 1.29 is 4.79 Å². The summed E-state index contributed by atoms with van der Waals surface area (Å²) in [5.74, 6) is 1.68. The summed E-state index contributed by atoms with van der Waals surface area (Å²) in [4.78, 5) is 17.2. The highest BCUT2D eigenvalue weighted by Gasteiger charge is 2.18. The van der Waals surface area contributed by atoms with Gasteiger partial charge in [-0.15, -0.1) is 10.2 Å². The lowest BCUT2D eigenvalue weighted by molar-refractivity contribution is 0.102. The Hall–Kier alpha value is -2.15. The lowest BCUT2D eigenvalue weighted by atomic mass is 10.1. The fourth-order valence-corrected chi connectivity index (χ4v) is 4.19. The van der Waals surface area contributed by atoms with Crippen LogP contribution in [0, 0.1) is 33.6 Å². The first-order valence-electron chi connectivity index (χ1n) is 9.30. The van der Waals surface area contributed by atoms with Crippen molar-refractivity contribution >= 4 is 23.3 Å². The van der Waals surface area contributed by atoms with Crippen LogP contribution in [0.3, 0.4) is 0 Å². The van der Waals surface area contributed by atoms with E-state index in [4.69, 9.17) is 0 Å². The molecule has 3 aromatic heterocycles. The van der Waals surface area contributed by atoms with E-state index in [1.165, 1.54) is 11.8 Å². The summed E-state index contributed by atoms with van der Waals surface area (Å²) in [5.41, 5.74) is 4.93. The molecule has 3 rings (SSSR count). The monoisotopic (exact) mass is 385 g/mol.